The molecule has 5 heteroatoms. The SMILES string of the molecule is CCc1nn2c(CO)c(-c3ccc4ccccc4c3)nc2s1. The van der Waals surface area contributed by atoms with E-state index < -0.39 is 0 Å². The molecule has 0 aliphatic heterocycles. The normalized spacial score (nSPS) is 11.5. The Labute approximate surface area is 131 Å². The van der Waals surface area contributed by atoms with Gasteiger partial charge in [0.25, 0.3) is 0 Å². The lowest BCUT2D eigenvalue weighted by Gasteiger charge is -2.03. The summed E-state index contributed by atoms with van der Waals surface area (Å²) in [6.45, 7) is 2.00. The van der Waals surface area contributed by atoms with Gasteiger partial charge in [-0.05, 0) is 23.3 Å². The second-order valence-corrected chi connectivity index (χ2v) is 6.21. The zero-order valence-corrected chi connectivity index (χ0v) is 13.0. The Balaban J connectivity index is 1.92. The Hall–Kier alpha value is -2.24. The molecule has 110 valence electrons. The first kappa shape index (κ1) is 13.4. The van der Waals surface area contributed by atoms with Crippen LogP contribution in [0.5, 0.6) is 0 Å². The molecular formula is C17H15N3OS. The van der Waals surface area contributed by atoms with Crippen LogP contribution in [-0.4, -0.2) is 19.7 Å². The van der Waals surface area contributed by atoms with Crippen molar-refractivity contribution in [2.24, 2.45) is 0 Å². The van der Waals surface area contributed by atoms with Crippen LogP contribution in [0.15, 0.2) is 42.5 Å². The molecule has 2 heterocycles. The first-order valence-corrected chi connectivity index (χ1v) is 8.09. The Kier molecular flexibility index (Phi) is 3.17. The van der Waals surface area contributed by atoms with E-state index in [4.69, 9.17) is 0 Å². The molecule has 0 unspecified atom stereocenters. The third kappa shape index (κ3) is 2.01. The number of hydrogen-bond donors (Lipinski definition) is 1. The molecule has 0 spiro atoms. The van der Waals surface area contributed by atoms with E-state index in [0.717, 1.165) is 33.3 Å². The van der Waals surface area contributed by atoms with E-state index in [2.05, 4.69) is 47.3 Å². The van der Waals surface area contributed by atoms with Crippen molar-refractivity contribution < 1.29 is 5.11 Å². The standard InChI is InChI=1S/C17H15N3OS/c1-2-15-19-20-14(10-21)16(18-17(20)22-15)13-8-7-11-5-3-4-6-12(11)9-13/h3-9,21H,2,10H2,1H3. The third-order valence-corrected chi connectivity index (χ3v) is 4.87. The zero-order chi connectivity index (χ0) is 15.1. The van der Waals surface area contributed by atoms with Crippen molar-refractivity contribution in [1.82, 2.24) is 14.6 Å². The summed E-state index contributed by atoms with van der Waals surface area (Å²) in [4.78, 5) is 5.53. The Morgan fingerprint density at radius 1 is 1.14 bits per heavy atom. The Morgan fingerprint density at radius 3 is 2.73 bits per heavy atom. The van der Waals surface area contributed by atoms with Crippen LogP contribution in [0.1, 0.15) is 17.6 Å². The molecule has 2 aromatic heterocycles. The van der Waals surface area contributed by atoms with Crippen LogP contribution in [0.4, 0.5) is 0 Å². The van der Waals surface area contributed by atoms with Gasteiger partial charge in [0.05, 0.1) is 18.0 Å². The van der Waals surface area contributed by atoms with E-state index >= 15 is 0 Å². The first-order chi connectivity index (χ1) is 10.8. The summed E-state index contributed by atoms with van der Waals surface area (Å²) < 4.78 is 1.77. The highest BCUT2D eigenvalue weighted by atomic mass is 32.1. The molecule has 0 saturated heterocycles. The van der Waals surface area contributed by atoms with Crippen molar-refractivity contribution >= 4 is 27.1 Å². The average molecular weight is 309 g/mol. The minimum Gasteiger partial charge on any atom is -0.390 e. The van der Waals surface area contributed by atoms with Crippen LogP contribution in [0, 0.1) is 0 Å². The summed E-state index contributed by atoms with van der Waals surface area (Å²) in [5.41, 5.74) is 2.58. The molecule has 0 atom stereocenters. The van der Waals surface area contributed by atoms with Crippen molar-refractivity contribution in [3.05, 3.63) is 53.2 Å². The van der Waals surface area contributed by atoms with Crippen molar-refractivity contribution in [3.8, 4) is 11.3 Å². The molecule has 0 fully saturated rings. The van der Waals surface area contributed by atoms with Crippen molar-refractivity contribution in [2.45, 2.75) is 20.0 Å². The maximum atomic E-state index is 9.77. The van der Waals surface area contributed by atoms with Gasteiger partial charge in [-0.25, -0.2) is 9.50 Å². The van der Waals surface area contributed by atoms with E-state index in [1.165, 1.54) is 10.8 Å². The Bertz CT molecular complexity index is 971. The van der Waals surface area contributed by atoms with Gasteiger partial charge >= 0.3 is 0 Å². The minimum absolute atomic E-state index is 0.0732. The highest BCUT2D eigenvalue weighted by Gasteiger charge is 2.17. The molecule has 22 heavy (non-hydrogen) atoms. The van der Waals surface area contributed by atoms with Gasteiger partial charge < -0.3 is 5.11 Å². The summed E-state index contributed by atoms with van der Waals surface area (Å²) in [6.07, 6.45) is 0.879. The molecule has 0 amide bonds. The smallest absolute Gasteiger partial charge is 0.213 e. The van der Waals surface area contributed by atoms with Gasteiger partial charge in [0.2, 0.25) is 4.96 Å². The minimum atomic E-state index is -0.0732. The lowest BCUT2D eigenvalue weighted by atomic mass is 10.0. The van der Waals surface area contributed by atoms with Crippen molar-refractivity contribution in [1.29, 1.82) is 0 Å². The second-order valence-electron chi connectivity index (χ2n) is 5.17. The maximum absolute atomic E-state index is 9.77. The number of aryl methyl sites for hydroxylation is 1. The van der Waals surface area contributed by atoms with Crippen LogP contribution in [0.25, 0.3) is 27.0 Å². The fraction of sp³-hybridized carbons (Fsp3) is 0.176. The topological polar surface area (TPSA) is 50.4 Å². The molecule has 0 bridgehead atoms. The van der Waals surface area contributed by atoms with E-state index in [0.29, 0.717) is 0 Å². The first-order valence-electron chi connectivity index (χ1n) is 7.27. The summed E-state index contributed by atoms with van der Waals surface area (Å²) >= 11 is 1.58. The van der Waals surface area contributed by atoms with E-state index in [-0.39, 0.29) is 6.61 Å². The number of aliphatic hydroxyl groups is 1. The number of benzene rings is 2. The van der Waals surface area contributed by atoms with E-state index in [1.807, 2.05) is 12.1 Å². The quantitative estimate of drug-likeness (QED) is 0.628. The molecule has 0 aliphatic carbocycles. The molecule has 2 aromatic carbocycles. The molecule has 1 N–H and O–H groups in total. The molecule has 4 rings (SSSR count). The fourth-order valence-corrected chi connectivity index (χ4v) is 3.53. The highest BCUT2D eigenvalue weighted by Crippen LogP contribution is 2.29. The highest BCUT2D eigenvalue weighted by molar-refractivity contribution is 7.16. The number of rotatable bonds is 3. The average Bonchev–Trinajstić information content (AvgIpc) is 3.11. The van der Waals surface area contributed by atoms with E-state index in [9.17, 15) is 5.11 Å². The van der Waals surface area contributed by atoms with Gasteiger partial charge in [-0.1, -0.05) is 54.7 Å². The number of fused-ring (bicyclic) bond motifs is 2. The number of imidazole rings is 1. The van der Waals surface area contributed by atoms with Crippen LogP contribution in [0.3, 0.4) is 0 Å². The summed E-state index contributed by atoms with van der Waals surface area (Å²) in [6, 6.07) is 14.5. The summed E-state index contributed by atoms with van der Waals surface area (Å²) in [7, 11) is 0. The number of aliphatic hydroxyl groups excluding tert-OH is 1. The van der Waals surface area contributed by atoms with E-state index in [1.54, 1.807) is 15.9 Å². The third-order valence-electron chi connectivity index (χ3n) is 3.81. The lowest BCUT2D eigenvalue weighted by molar-refractivity contribution is 0.275. The maximum Gasteiger partial charge on any atom is 0.213 e. The molecule has 0 aliphatic rings. The monoisotopic (exact) mass is 309 g/mol. The van der Waals surface area contributed by atoms with Gasteiger partial charge in [0, 0.05) is 5.56 Å². The fourth-order valence-electron chi connectivity index (χ4n) is 2.68. The van der Waals surface area contributed by atoms with Crippen LogP contribution in [-0.2, 0) is 13.0 Å². The van der Waals surface area contributed by atoms with Crippen molar-refractivity contribution in [3.63, 3.8) is 0 Å². The van der Waals surface area contributed by atoms with Gasteiger partial charge in [-0.15, -0.1) is 0 Å². The van der Waals surface area contributed by atoms with Gasteiger partial charge in [0.1, 0.15) is 5.01 Å². The Morgan fingerprint density at radius 2 is 1.95 bits per heavy atom. The number of nitrogens with zero attached hydrogens (tertiary/aromatic N) is 3. The molecule has 0 saturated carbocycles. The van der Waals surface area contributed by atoms with Gasteiger partial charge in [0.15, 0.2) is 0 Å². The van der Waals surface area contributed by atoms with Crippen molar-refractivity contribution in [2.75, 3.05) is 0 Å². The predicted molar refractivity (Wildman–Crippen MR) is 89.1 cm³/mol. The van der Waals surface area contributed by atoms with Gasteiger partial charge in [-0.3, -0.25) is 0 Å². The molecule has 0 radical (unpaired) electrons. The second kappa shape index (κ2) is 5.19. The molecule has 4 nitrogen and oxygen atoms in total. The van der Waals surface area contributed by atoms with Crippen LogP contribution >= 0.6 is 11.3 Å². The van der Waals surface area contributed by atoms with Gasteiger partial charge in [-0.2, -0.15) is 5.10 Å². The largest absolute Gasteiger partial charge is 0.390 e. The summed E-state index contributed by atoms with van der Waals surface area (Å²) in [5, 5.41) is 17.7. The number of hydrogen-bond acceptors (Lipinski definition) is 4. The lowest BCUT2D eigenvalue weighted by Crippen LogP contribution is -1.96. The van der Waals surface area contributed by atoms with Crippen LogP contribution in [0.2, 0.25) is 0 Å². The van der Waals surface area contributed by atoms with Crippen LogP contribution < -0.4 is 0 Å². The number of aromatic nitrogens is 3. The zero-order valence-electron chi connectivity index (χ0n) is 12.2. The molecular weight excluding hydrogens is 294 g/mol. The molecule has 4 aromatic rings. The summed E-state index contributed by atoms with van der Waals surface area (Å²) in [5.74, 6) is 0. The predicted octanol–water partition coefficient (Wildman–Crippen LogP) is 3.67.